The molecule has 2 aliphatic carbocycles. The number of allylic oxidation sites excluding steroid dienone is 2. The van der Waals surface area contributed by atoms with Gasteiger partial charge in [-0.25, -0.2) is 19.7 Å². The van der Waals surface area contributed by atoms with E-state index in [4.69, 9.17) is 22.3 Å². The lowest BCUT2D eigenvalue weighted by Crippen LogP contribution is -2.50. The van der Waals surface area contributed by atoms with E-state index in [0.717, 1.165) is 0 Å². The number of aromatic nitrogens is 4. The number of hydrogen-bond acceptors (Lipinski definition) is 9. The molecule has 0 radical (unpaired) electrons. The van der Waals surface area contributed by atoms with E-state index in [2.05, 4.69) is 25.9 Å². The summed E-state index contributed by atoms with van der Waals surface area (Å²) < 4.78 is 1.45. The van der Waals surface area contributed by atoms with Crippen LogP contribution in [-0.2, 0) is 6.54 Å². The highest BCUT2D eigenvalue weighted by molar-refractivity contribution is 6.45. The van der Waals surface area contributed by atoms with Gasteiger partial charge in [-0.05, 0) is 31.4 Å². The van der Waals surface area contributed by atoms with Gasteiger partial charge in [0, 0.05) is 29.3 Å². The summed E-state index contributed by atoms with van der Waals surface area (Å²) >= 11 is 6.47. The zero-order chi connectivity index (χ0) is 28.2. The molecule has 0 spiro atoms. The monoisotopic (exact) mass is 551 g/mol. The number of carbonyl (C=O) groups excluding carboxylic acids is 1. The number of urea groups is 1. The number of hydrogen-bond donors (Lipinski definition) is 5. The van der Waals surface area contributed by atoms with Gasteiger partial charge in [0.15, 0.2) is 0 Å². The fourth-order valence-corrected chi connectivity index (χ4v) is 4.43. The molecule has 2 amide bonds. The van der Waals surface area contributed by atoms with E-state index >= 15 is 0 Å². The number of anilines is 2. The van der Waals surface area contributed by atoms with Crippen molar-refractivity contribution in [1.29, 1.82) is 5.26 Å². The normalized spacial score (nSPS) is 16.4. The number of nitrogens with one attached hydrogen (secondary N) is 3. The van der Waals surface area contributed by atoms with Crippen molar-refractivity contribution >= 4 is 46.1 Å². The fourth-order valence-electron chi connectivity index (χ4n) is 4.15. The number of nitriles is 1. The number of nitrogen functional groups attached to an aromatic ring is 1. The molecule has 1 unspecified atom stereocenters. The highest BCUT2D eigenvalue weighted by Gasteiger charge is 2.21. The van der Waals surface area contributed by atoms with Crippen molar-refractivity contribution in [2.24, 2.45) is 5.41 Å². The molecule has 2 aliphatic rings. The maximum atomic E-state index is 13.8. The van der Waals surface area contributed by atoms with Gasteiger partial charge in [-0.3, -0.25) is 9.36 Å². The molecule has 2 aromatic rings. The number of halogens is 1. The van der Waals surface area contributed by atoms with Crippen molar-refractivity contribution in [3.05, 3.63) is 56.9 Å². The van der Waals surface area contributed by atoms with Gasteiger partial charge in [-0.1, -0.05) is 37.6 Å². The van der Waals surface area contributed by atoms with Gasteiger partial charge in [0.05, 0.1) is 23.2 Å². The Morgan fingerprint density at radius 2 is 2.18 bits per heavy atom. The standard InChI is InChI=1S/C26H30ClN9O3/c1-26(2,13-37)12-31-25(39)34-15-5-3-6-16(9-15)36-20(11-30-23-17(10-28)22(29)32-14-33-23)35-19-8-4-7-18(27)21(19)24(36)38/h3,6,8-9,14-15,37H,4-5,7,11-13H2,1-2H3,(H2,31,34,39)(H3,29,30,32,33). The second-order valence-corrected chi connectivity index (χ2v) is 10.5. The molecule has 39 heavy (non-hydrogen) atoms. The molecule has 0 aliphatic heterocycles. The summed E-state index contributed by atoms with van der Waals surface area (Å²) in [4.78, 5) is 39.0. The molecule has 13 heteroatoms. The van der Waals surface area contributed by atoms with Crippen LogP contribution in [0.2, 0.25) is 0 Å². The van der Waals surface area contributed by atoms with E-state index < -0.39 is 11.5 Å². The first kappa shape index (κ1) is 27.8. The first-order valence-corrected chi connectivity index (χ1v) is 12.8. The Hall–Kier alpha value is -4.21. The van der Waals surface area contributed by atoms with Crippen molar-refractivity contribution in [1.82, 2.24) is 30.2 Å². The van der Waals surface area contributed by atoms with Gasteiger partial charge >= 0.3 is 6.03 Å². The lowest BCUT2D eigenvalue weighted by molar-refractivity contribution is 0.157. The van der Waals surface area contributed by atoms with Crippen LogP contribution in [0.15, 0.2) is 29.3 Å². The smallest absolute Gasteiger partial charge is 0.315 e. The molecule has 12 nitrogen and oxygen atoms in total. The van der Waals surface area contributed by atoms with Gasteiger partial charge in [0.2, 0.25) is 0 Å². The number of aliphatic hydroxyl groups is 1. The fraction of sp³-hybridized carbons (Fsp3) is 0.385. The molecule has 1 atom stereocenters. The number of rotatable bonds is 8. The van der Waals surface area contributed by atoms with Crippen LogP contribution in [-0.4, -0.2) is 49.9 Å². The summed E-state index contributed by atoms with van der Waals surface area (Å²) in [7, 11) is 0. The number of nitrogens with zero attached hydrogens (tertiary/aromatic N) is 5. The molecular formula is C26H30ClN9O3. The molecule has 204 valence electrons. The minimum atomic E-state index is -0.457. The van der Waals surface area contributed by atoms with Crippen molar-refractivity contribution < 1.29 is 9.90 Å². The predicted molar refractivity (Wildman–Crippen MR) is 148 cm³/mol. The largest absolute Gasteiger partial charge is 0.396 e. The van der Waals surface area contributed by atoms with Gasteiger partial charge in [-0.2, -0.15) is 5.26 Å². The van der Waals surface area contributed by atoms with Crippen molar-refractivity contribution in [2.75, 3.05) is 24.2 Å². The zero-order valence-corrected chi connectivity index (χ0v) is 22.4. The first-order valence-electron chi connectivity index (χ1n) is 12.4. The van der Waals surface area contributed by atoms with Crippen molar-refractivity contribution in [3.63, 3.8) is 0 Å². The zero-order valence-electron chi connectivity index (χ0n) is 21.7. The van der Waals surface area contributed by atoms with Crippen LogP contribution in [0.5, 0.6) is 0 Å². The third-order valence-corrected chi connectivity index (χ3v) is 6.71. The molecule has 4 rings (SSSR count). The van der Waals surface area contributed by atoms with E-state index in [1.165, 1.54) is 10.9 Å². The Bertz CT molecular complexity index is 1570. The van der Waals surface area contributed by atoms with E-state index in [0.29, 0.717) is 52.9 Å². The maximum absolute atomic E-state index is 13.8. The lowest BCUT2D eigenvalue weighted by atomic mass is 9.95. The summed E-state index contributed by atoms with van der Waals surface area (Å²) in [5.74, 6) is 0.605. The van der Waals surface area contributed by atoms with Gasteiger partial charge in [0.1, 0.15) is 35.4 Å². The van der Waals surface area contributed by atoms with Crippen molar-refractivity contribution in [2.45, 2.75) is 45.7 Å². The lowest BCUT2D eigenvalue weighted by Gasteiger charge is -2.24. The molecule has 2 heterocycles. The minimum Gasteiger partial charge on any atom is -0.396 e. The van der Waals surface area contributed by atoms with Crippen LogP contribution < -0.4 is 37.8 Å². The molecule has 2 aromatic heterocycles. The Labute approximate surface area is 229 Å². The predicted octanol–water partition coefficient (Wildman–Crippen LogP) is 0.508. The second-order valence-electron chi connectivity index (χ2n) is 10.0. The van der Waals surface area contributed by atoms with E-state index in [1.54, 1.807) is 12.2 Å². The highest BCUT2D eigenvalue weighted by atomic mass is 35.5. The minimum absolute atomic E-state index is 0.0352. The molecule has 0 saturated heterocycles. The average Bonchev–Trinajstić information content (AvgIpc) is 2.91. The molecule has 0 saturated carbocycles. The summed E-state index contributed by atoms with van der Waals surface area (Å²) in [6.07, 6.45) is 10.3. The number of aliphatic hydroxyl groups excluding tert-OH is 1. The number of fused-ring (bicyclic) bond motifs is 1. The molecular weight excluding hydrogens is 522 g/mol. The molecule has 6 N–H and O–H groups in total. The van der Waals surface area contributed by atoms with Gasteiger partial charge in [-0.15, -0.1) is 0 Å². The number of carbonyl (C=O) groups is 1. The van der Waals surface area contributed by atoms with Gasteiger partial charge < -0.3 is 26.8 Å². The highest BCUT2D eigenvalue weighted by Crippen LogP contribution is 2.19. The maximum Gasteiger partial charge on any atom is 0.315 e. The Morgan fingerprint density at radius 3 is 2.92 bits per heavy atom. The number of amides is 2. The van der Waals surface area contributed by atoms with E-state index in [9.17, 15) is 20.0 Å². The first-order chi connectivity index (χ1) is 18.6. The van der Waals surface area contributed by atoms with Crippen LogP contribution in [0.3, 0.4) is 0 Å². The molecule has 0 aromatic carbocycles. The average molecular weight is 552 g/mol. The number of nitrogens with two attached hydrogens (primary N) is 1. The quantitative estimate of drug-likeness (QED) is 0.312. The summed E-state index contributed by atoms with van der Waals surface area (Å²) in [5, 5.41) is 28.9. The van der Waals surface area contributed by atoms with Crippen LogP contribution >= 0.6 is 11.6 Å². The topological polar surface area (TPSA) is 184 Å². The summed E-state index contributed by atoms with van der Waals surface area (Å²) in [5.41, 5.74) is 5.61. The summed E-state index contributed by atoms with van der Waals surface area (Å²) in [6.45, 7) is 3.95. The van der Waals surface area contributed by atoms with Gasteiger partial charge in [0.25, 0.3) is 5.56 Å². The SMILES string of the molecule is CC(C)(CO)CNC(=O)NC1C=C(n2c(CNc3ncnc(N)c3C#N)nc3c(c2=O)=C(Cl)CCC=3)C=CC1. The van der Waals surface area contributed by atoms with Crippen LogP contribution in [0.1, 0.15) is 44.5 Å². The third-order valence-electron chi connectivity index (χ3n) is 6.34. The Kier molecular flexibility index (Phi) is 8.32. The Morgan fingerprint density at radius 1 is 1.38 bits per heavy atom. The van der Waals surface area contributed by atoms with E-state index in [-0.39, 0.29) is 41.9 Å². The second kappa shape index (κ2) is 11.7. The van der Waals surface area contributed by atoms with Crippen LogP contribution in [0.25, 0.3) is 16.8 Å². The Balaban J connectivity index is 1.69. The van der Waals surface area contributed by atoms with Crippen molar-refractivity contribution in [3.8, 4) is 6.07 Å². The van der Waals surface area contributed by atoms with Crippen LogP contribution in [0, 0.1) is 16.7 Å². The van der Waals surface area contributed by atoms with Crippen LogP contribution in [0.4, 0.5) is 16.4 Å². The summed E-state index contributed by atoms with van der Waals surface area (Å²) in [6, 6.07) is 1.19. The third kappa shape index (κ3) is 6.27. The molecule has 0 fully saturated rings. The van der Waals surface area contributed by atoms with E-state index in [1.807, 2.05) is 32.1 Å². The molecule has 0 bridgehead atoms.